The Morgan fingerprint density at radius 2 is 2.00 bits per heavy atom. The van der Waals surface area contributed by atoms with Crippen molar-refractivity contribution in [2.45, 2.75) is 37.8 Å². The van der Waals surface area contributed by atoms with Gasteiger partial charge in [-0.3, -0.25) is 5.10 Å². The molecule has 0 saturated carbocycles. The highest BCUT2D eigenvalue weighted by molar-refractivity contribution is 7.89. The molecule has 2 N–H and O–H groups in total. The molecule has 0 radical (unpaired) electrons. The van der Waals surface area contributed by atoms with Gasteiger partial charge in [0, 0.05) is 24.3 Å². The Bertz CT molecular complexity index is 489. The summed E-state index contributed by atoms with van der Waals surface area (Å²) in [6, 6.07) is 0. The number of aliphatic hydroxyl groups is 1. The van der Waals surface area contributed by atoms with E-state index in [1.54, 1.807) is 6.92 Å². The molecule has 1 saturated heterocycles. The maximum atomic E-state index is 12.3. The number of aryl methyl sites for hydroxylation is 1. The van der Waals surface area contributed by atoms with Gasteiger partial charge in [0.1, 0.15) is 0 Å². The molecule has 0 amide bonds. The van der Waals surface area contributed by atoms with Gasteiger partial charge in [-0.25, -0.2) is 8.42 Å². The number of H-pyrrole nitrogens is 1. The van der Waals surface area contributed by atoms with Crippen molar-refractivity contribution in [3.05, 3.63) is 11.3 Å². The zero-order valence-electron chi connectivity index (χ0n) is 9.81. The van der Waals surface area contributed by atoms with Crippen LogP contribution in [0.3, 0.4) is 0 Å². The van der Waals surface area contributed by atoms with Crippen LogP contribution >= 0.6 is 0 Å². The number of nitrogens with zero attached hydrogens (tertiary/aromatic N) is 2. The molecular weight excluding hydrogens is 242 g/mol. The van der Waals surface area contributed by atoms with E-state index in [1.807, 2.05) is 0 Å². The summed E-state index contributed by atoms with van der Waals surface area (Å²) in [6.45, 7) is 2.47. The SMILES string of the molecule is Cc1[nH]nc(S(=O)(=O)N2CCCCC2)c1CO. The second-order valence-corrected chi connectivity index (χ2v) is 6.11. The van der Waals surface area contributed by atoms with E-state index >= 15 is 0 Å². The van der Waals surface area contributed by atoms with Crippen molar-refractivity contribution in [2.24, 2.45) is 0 Å². The lowest BCUT2D eigenvalue weighted by molar-refractivity contribution is 0.276. The highest BCUT2D eigenvalue weighted by atomic mass is 32.2. The van der Waals surface area contributed by atoms with Crippen LogP contribution < -0.4 is 0 Å². The Morgan fingerprint density at radius 1 is 1.35 bits per heavy atom. The molecule has 2 heterocycles. The van der Waals surface area contributed by atoms with Crippen LogP contribution in [0.1, 0.15) is 30.5 Å². The molecule has 1 aliphatic rings. The quantitative estimate of drug-likeness (QED) is 0.822. The molecule has 6 nitrogen and oxygen atoms in total. The number of rotatable bonds is 3. The number of aliphatic hydroxyl groups excluding tert-OH is 1. The van der Waals surface area contributed by atoms with Crippen molar-refractivity contribution in [3.8, 4) is 0 Å². The molecule has 96 valence electrons. The van der Waals surface area contributed by atoms with E-state index in [0.29, 0.717) is 24.3 Å². The zero-order chi connectivity index (χ0) is 12.5. The smallest absolute Gasteiger partial charge is 0.262 e. The molecule has 1 aliphatic heterocycles. The first-order chi connectivity index (χ1) is 8.07. The molecule has 1 aromatic heterocycles. The van der Waals surface area contributed by atoms with Crippen molar-refractivity contribution in [2.75, 3.05) is 13.1 Å². The van der Waals surface area contributed by atoms with Crippen molar-refractivity contribution in [3.63, 3.8) is 0 Å². The summed E-state index contributed by atoms with van der Waals surface area (Å²) in [6.07, 6.45) is 2.84. The minimum Gasteiger partial charge on any atom is -0.392 e. The van der Waals surface area contributed by atoms with Gasteiger partial charge in [0.2, 0.25) is 0 Å². The molecule has 0 aromatic carbocycles. The maximum Gasteiger partial charge on any atom is 0.262 e. The van der Waals surface area contributed by atoms with Crippen LogP contribution in [-0.4, -0.2) is 41.1 Å². The average molecular weight is 259 g/mol. The highest BCUT2D eigenvalue weighted by Gasteiger charge is 2.31. The third-order valence-corrected chi connectivity index (χ3v) is 4.96. The Kier molecular flexibility index (Phi) is 3.50. The van der Waals surface area contributed by atoms with Gasteiger partial charge in [0.25, 0.3) is 10.0 Å². The number of hydrogen-bond acceptors (Lipinski definition) is 4. The van der Waals surface area contributed by atoms with E-state index in [9.17, 15) is 13.5 Å². The average Bonchev–Trinajstić information content (AvgIpc) is 2.72. The van der Waals surface area contributed by atoms with E-state index < -0.39 is 10.0 Å². The van der Waals surface area contributed by atoms with Crippen LogP contribution in [0, 0.1) is 6.92 Å². The molecule has 0 spiro atoms. The molecule has 17 heavy (non-hydrogen) atoms. The van der Waals surface area contributed by atoms with E-state index in [2.05, 4.69) is 10.2 Å². The lowest BCUT2D eigenvalue weighted by Crippen LogP contribution is -2.36. The van der Waals surface area contributed by atoms with Gasteiger partial charge in [-0.1, -0.05) is 6.42 Å². The summed E-state index contributed by atoms with van der Waals surface area (Å²) in [7, 11) is -3.55. The van der Waals surface area contributed by atoms with Gasteiger partial charge in [0.05, 0.1) is 6.61 Å². The number of piperidine rings is 1. The Balaban J connectivity index is 2.36. The summed E-state index contributed by atoms with van der Waals surface area (Å²) in [5.41, 5.74) is 0.971. The molecule has 0 atom stereocenters. The van der Waals surface area contributed by atoms with Crippen LogP contribution in [0.25, 0.3) is 0 Å². The molecule has 0 unspecified atom stereocenters. The second-order valence-electron chi connectivity index (χ2n) is 4.26. The van der Waals surface area contributed by atoms with Crippen molar-refractivity contribution in [1.82, 2.24) is 14.5 Å². The third-order valence-electron chi connectivity index (χ3n) is 3.09. The molecule has 0 bridgehead atoms. The molecule has 1 aromatic rings. The fourth-order valence-corrected chi connectivity index (χ4v) is 3.73. The minimum atomic E-state index is -3.55. The van der Waals surface area contributed by atoms with E-state index in [0.717, 1.165) is 19.3 Å². The van der Waals surface area contributed by atoms with E-state index in [1.165, 1.54) is 4.31 Å². The first kappa shape index (κ1) is 12.5. The zero-order valence-corrected chi connectivity index (χ0v) is 10.6. The monoisotopic (exact) mass is 259 g/mol. The number of nitrogens with one attached hydrogen (secondary N) is 1. The lowest BCUT2D eigenvalue weighted by Gasteiger charge is -2.25. The van der Waals surface area contributed by atoms with Crippen LogP contribution in [-0.2, 0) is 16.6 Å². The molecule has 1 fully saturated rings. The fourth-order valence-electron chi connectivity index (χ4n) is 2.06. The van der Waals surface area contributed by atoms with Gasteiger partial charge in [-0.05, 0) is 19.8 Å². The minimum absolute atomic E-state index is 0.0283. The van der Waals surface area contributed by atoms with E-state index in [-0.39, 0.29) is 11.6 Å². The number of aromatic amines is 1. The van der Waals surface area contributed by atoms with Gasteiger partial charge in [0.15, 0.2) is 5.03 Å². The second kappa shape index (κ2) is 4.75. The van der Waals surface area contributed by atoms with Crippen LogP contribution in [0.15, 0.2) is 5.03 Å². The summed E-state index contributed by atoms with van der Waals surface area (Å²) in [4.78, 5) is 0. The first-order valence-corrected chi connectivity index (χ1v) is 7.16. The summed E-state index contributed by atoms with van der Waals surface area (Å²) >= 11 is 0. The topological polar surface area (TPSA) is 86.3 Å². The number of sulfonamides is 1. The Hall–Kier alpha value is -0.920. The van der Waals surface area contributed by atoms with Gasteiger partial charge >= 0.3 is 0 Å². The van der Waals surface area contributed by atoms with Gasteiger partial charge in [-0.15, -0.1) is 0 Å². The predicted molar refractivity (Wildman–Crippen MR) is 61.9 cm³/mol. The Morgan fingerprint density at radius 3 is 2.59 bits per heavy atom. The standard InChI is InChI=1S/C10H17N3O3S/c1-8-9(7-14)10(12-11-8)17(15,16)13-5-3-2-4-6-13/h14H,2-7H2,1H3,(H,11,12). The largest absolute Gasteiger partial charge is 0.392 e. The lowest BCUT2D eigenvalue weighted by atomic mass is 10.2. The normalized spacial score (nSPS) is 18.5. The van der Waals surface area contributed by atoms with Crippen molar-refractivity contribution in [1.29, 1.82) is 0 Å². The van der Waals surface area contributed by atoms with Crippen LogP contribution in [0.2, 0.25) is 0 Å². The summed E-state index contributed by atoms with van der Waals surface area (Å²) < 4.78 is 26.1. The molecular formula is C10H17N3O3S. The maximum absolute atomic E-state index is 12.3. The molecule has 2 rings (SSSR count). The molecule has 7 heteroatoms. The summed E-state index contributed by atoms with van der Waals surface area (Å²) in [5.74, 6) is 0. The van der Waals surface area contributed by atoms with Crippen LogP contribution in [0.5, 0.6) is 0 Å². The highest BCUT2D eigenvalue weighted by Crippen LogP contribution is 2.23. The van der Waals surface area contributed by atoms with Crippen molar-refractivity contribution < 1.29 is 13.5 Å². The fraction of sp³-hybridized carbons (Fsp3) is 0.700. The predicted octanol–water partition coefficient (Wildman–Crippen LogP) is 0.385. The van der Waals surface area contributed by atoms with Crippen molar-refractivity contribution >= 4 is 10.0 Å². The summed E-state index contributed by atoms with van der Waals surface area (Å²) in [5, 5.41) is 15.6. The third kappa shape index (κ3) is 2.22. The van der Waals surface area contributed by atoms with E-state index in [4.69, 9.17) is 0 Å². The number of hydrogen-bond donors (Lipinski definition) is 2. The number of aromatic nitrogens is 2. The Labute approximate surface area is 101 Å². The van der Waals surface area contributed by atoms with Gasteiger partial charge in [-0.2, -0.15) is 9.40 Å². The molecule has 0 aliphatic carbocycles. The van der Waals surface area contributed by atoms with Gasteiger partial charge < -0.3 is 5.11 Å². The first-order valence-electron chi connectivity index (χ1n) is 5.72. The van der Waals surface area contributed by atoms with Crippen LogP contribution in [0.4, 0.5) is 0 Å².